The van der Waals surface area contributed by atoms with E-state index >= 15 is 0 Å². The fourth-order valence-electron chi connectivity index (χ4n) is 2.04. The Morgan fingerprint density at radius 3 is 2.52 bits per heavy atom. The van der Waals surface area contributed by atoms with Crippen LogP contribution < -0.4 is 4.90 Å². The van der Waals surface area contributed by atoms with Crippen molar-refractivity contribution in [1.82, 2.24) is 0 Å². The van der Waals surface area contributed by atoms with Gasteiger partial charge in [0, 0.05) is 10.6 Å². The van der Waals surface area contributed by atoms with Crippen molar-refractivity contribution in [2.45, 2.75) is 20.8 Å². The second kappa shape index (κ2) is 6.54. The molecule has 4 nitrogen and oxygen atoms in total. The Morgan fingerprint density at radius 1 is 1.29 bits per heavy atom. The zero-order valence-corrected chi connectivity index (χ0v) is 13.1. The minimum Gasteiger partial charge on any atom is -0.462 e. The van der Waals surface area contributed by atoms with Gasteiger partial charge < -0.3 is 4.74 Å². The number of benzene rings is 1. The van der Waals surface area contributed by atoms with Crippen molar-refractivity contribution in [1.29, 1.82) is 0 Å². The average Bonchev–Trinajstić information content (AvgIpc) is 2.77. The van der Waals surface area contributed by atoms with E-state index in [0.717, 1.165) is 22.5 Å². The molecule has 0 aliphatic rings. The molecular formula is C16H17NO3S. The lowest BCUT2D eigenvalue weighted by Crippen LogP contribution is -2.17. The molecule has 2 aromatic rings. The minimum absolute atomic E-state index is 0.305. The summed E-state index contributed by atoms with van der Waals surface area (Å²) >= 11 is 1.42. The van der Waals surface area contributed by atoms with Gasteiger partial charge in [-0.3, -0.25) is 9.69 Å². The van der Waals surface area contributed by atoms with Crippen molar-refractivity contribution in [2.24, 2.45) is 0 Å². The van der Waals surface area contributed by atoms with Crippen molar-refractivity contribution in [3.05, 3.63) is 46.3 Å². The molecule has 110 valence electrons. The van der Waals surface area contributed by atoms with Gasteiger partial charge in [0.1, 0.15) is 5.00 Å². The third-order valence-electron chi connectivity index (χ3n) is 3.20. The lowest BCUT2D eigenvalue weighted by atomic mass is 10.1. The number of thiophene rings is 1. The second-order valence-electron chi connectivity index (χ2n) is 4.49. The number of nitrogens with zero attached hydrogens (tertiary/aromatic N) is 1. The van der Waals surface area contributed by atoms with Crippen LogP contribution in [0.25, 0.3) is 0 Å². The lowest BCUT2D eigenvalue weighted by Gasteiger charge is -2.17. The molecule has 21 heavy (non-hydrogen) atoms. The van der Waals surface area contributed by atoms with E-state index in [1.54, 1.807) is 6.92 Å². The predicted molar refractivity (Wildman–Crippen MR) is 84.4 cm³/mol. The van der Waals surface area contributed by atoms with Gasteiger partial charge >= 0.3 is 5.97 Å². The van der Waals surface area contributed by atoms with Crippen LogP contribution in [-0.2, 0) is 9.53 Å². The third kappa shape index (κ3) is 2.97. The topological polar surface area (TPSA) is 46.6 Å². The highest BCUT2D eigenvalue weighted by Gasteiger charge is 2.25. The first-order valence-corrected chi connectivity index (χ1v) is 7.48. The summed E-state index contributed by atoms with van der Waals surface area (Å²) in [4.78, 5) is 26.2. The van der Waals surface area contributed by atoms with Gasteiger partial charge in [-0.25, -0.2) is 4.79 Å². The Kier molecular flexibility index (Phi) is 4.75. The van der Waals surface area contributed by atoms with Gasteiger partial charge in [-0.2, -0.15) is 0 Å². The van der Waals surface area contributed by atoms with Crippen LogP contribution in [0.1, 0.15) is 27.7 Å². The van der Waals surface area contributed by atoms with Crippen LogP contribution >= 0.6 is 11.3 Å². The number of ether oxygens (including phenoxy) is 1. The van der Waals surface area contributed by atoms with Gasteiger partial charge in [-0.05, 0) is 38.5 Å². The van der Waals surface area contributed by atoms with E-state index in [0.29, 0.717) is 17.2 Å². The molecule has 1 amide bonds. The maximum Gasteiger partial charge on any atom is 0.341 e. The van der Waals surface area contributed by atoms with Gasteiger partial charge in [-0.1, -0.05) is 18.2 Å². The molecule has 0 aliphatic carbocycles. The highest BCUT2D eigenvalue weighted by atomic mass is 32.1. The van der Waals surface area contributed by atoms with Crippen molar-refractivity contribution in [3.63, 3.8) is 0 Å². The number of aryl methyl sites for hydroxylation is 1. The summed E-state index contributed by atoms with van der Waals surface area (Å²) in [7, 11) is 0. The number of carbonyl (C=O) groups is 2. The normalized spacial score (nSPS) is 10.2. The molecule has 0 N–H and O–H groups in total. The summed E-state index contributed by atoms with van der Waals surface area (Å²) in [5.41, 5.74) is 2.05. The van der Waals surface area contributed by atoms with E-state index < -0.39 is 5.97 Å². The van der Waals surface area contributed by atoms with Crippen molar-refractivity contribution in [3.8, 4) is 0 Å². The molecule has 0 aliphatic heterocycles. The molecule has 0 saturated carbocycles. The first-order valence-electron chi connectivity index (χ1n) is 6.66. The van der Waals surface area contributed by atoms with E-state index in [-0.39, 0.29) is 0 Å². The number of amides is 1. The summed E-state index contributed by atoms with van der Waals surface area (Å²) in [5.74, 6) is -0.392. The van der Waals surface area contributed by atoms with E-state index in [1.807, 2.05) is 44.2 Å². The summed E-state index contributed by atoms with van der Waals surface area (Å²) in [5, 5.41) is 0.602. The van der Waals surface area contributed by atoms with Crippen LogP contribution in [0.15, 0.2) is 30.3 Å². The summed E-state index contributed by atoms with van der Waals surface area (Å²) in [6, 6.07) is 9.23. The standard InChI is InChI=1S/C16H17NO3S/c1-4-20-16(19)14-11(2)12(3)21-15(14)17(10-18)13-8-6-5-7-9-13/h5-10H,4H2,1-3H3. The van der Waals surface area contributed by atoms with E-state index in [4.69, 9.17) is 4.74 Å². The maximum atomic E-state index is 12.2. The molecule has 0 bridgehead atoms. The molecule has 0 radical (unpaired) electrons. The van der Waals surface area contributed by atoms with Gasteiger partial charge in [0.05, 0.1) is 12.2 Å². The van der Waals surface area contributed by atoms with Gasteiger partial charge in [0.25, 0.3) is 0 Å². The first-order chi connectivity index (χ1) is 10.1. The van der Waals surface area contributed by atoms with Crippen molar-refractivity contribution in [2.75, 3.05) is 11.5 Å². The average molecular weight is 303 g/mol. The Balaban J connectivity index is 2.54. The molecule has 1 heterocycles. The monoisotopic (exact) mass is 303 g/mol. The highest BCUT2D eigenvalue weighted by molar-refractivity contribution is 7.17. The minimum atomic E-state index is -0.392. The lowest BCUT2D eigenvalue weighted by molar-refractivity contribution is -0.106. The number of hydrogen-bond donors (Lipinski definition) is 0. The van der Waals surface area contributed by atoms with E-state index in [9.17, 15) is 9.59 Å². The van der Waals surface area contributed by atoms with Gasteiger partial charge in [0.15, 0.2) is 0 Å². The third-order valence-corrected chi connectivity index (χ3v) is 4.41. The van der Waals surface area contributed by atoms with Crippen LogP contribution in [0.5, 0.6) is 0 Å². The number of esters is 1. The number of carbonyl (C=O) groups excluding carboxylic acids is 2. The molecule has 0 spiro atoms. The molecular weight excluding hydrogens is 286 g/mol. The molecule has 0 saturated heterocycles. The van der Waals surface area contributed by atoms with Crippen LogP contribution in [-0.4, -0.2) is 19.0 Å². The quantitative estimate of drug-likeness (QED) is 0.623. The highest BCUT2D eigenvalue weighted by Crippen LogP contribution is 2.38. The number of anilines is 2. The van der Waals surface area contributed by atoms with Crippen LogP contribution in [0.3, 0.4) is 0 Å². The Hall–Kier alpha value is -2.14. The summed E-state index contributed by atoms with van der Waals surface area (Å²) in [6.07, 6.45) is 0.725. The Morgan fingerprint density at radius 2 is 1.95 bits per heavy atom. The fourth-order valence-corrected chi connectivity index (χ4v) is 3.17. The summed E-state index contributed by atoms with van der Waals surface area (Å²) < 4.78 is 5.12. The van der Waals surface area contributed by atoms with Gasteiger partial charge in [0.2, 0.25) is 6.41 Å². The first kappa shape index (κ1) is 15.3. The molecule has 5 heteroatoms. The maximum absolute atomic E-state index is 12.2. The van der Waals surface area contributed by atoms with E-state index in [1.165, 1.54) is 16.2 Å². The Bertz CT molecular complexity index is 649. The predicted octanol–water partition coefficient (Wildman–Crippen LogP) is 3.84. The molecule has 1 aromatic heterocycles. The molecule has 0 fully saturated rings. The molecule has 2 rings (SSSR count). The number of para-hydroxylation sites is 1. The van der Waals surface area contributed by atoms with Crippen LogP contribution in [0, 0.1) is 13.8 Å². The SMILES string of the molecule is CCOC(=O)c1c(N(C=O)c2ccccc2)sc(C)c1C. The van der Waals surface area contributed by atoms with Crippen molar-refractivity contribution < 1.29 is 14.3 Å². The zero-order valence-electron chi connectivity index (χ0n) is 12.3. The van der Waals surface area contributed by atoms with Crippen LogP contribution in [0.4, 0.5) is 10.7 Å². The molecule has 0 unspecified atom stereocenters. The fraction of sp³-hybridized carbons (Fsp3) is 0.250. The number of hydrogen-bond acceptors (Lipinski definition) is 4. The second-order valence-corrected chi connectivity index (χ2v) is 5.70. The largest absolute Gasteiger partial charge is 0.462 e. The zero-order chi connectivity index (χ0) is 15.4. The van der Waals surface area contributed by atoms with Gasteiger partial charge in [-0.15, -0.1) is 11.3 Å². The van der Waals surface area contributed by atoms with Crippen LogP contribution in [0.2, 0.25) is 0 Å². The molecule has 1 aromatic carbocycles. The summed E-state index contributed by atoms with van der Waals surface area (Å²) in [6.45, 7) is 5.87. The smallest absolute Gasteiger partial charge is 0.341 e. The molecule has 0 atom stereocenters. The number of rotatable bonds is 5. The van der Waals surface area contributed by atoms with E-state index in [2.05, 4.69) is 0 Å². The Labute approximate surface area is 128 Å². The van der Waals surface area contributed by atoms with Crippen molar-refractivity contribution >= 4 is 34.4 Å².